The number of carboxylic acid groups (broad SMARTS) is 1. The number of anilines is 1. The van der Waals surface area contributed by atoms with E-state index in [2.05, 4.69) is 5.32 Å². The Morgan fingerprint density at radius 1 is 1.29 bits per heavy atom. The first-order valence-corrected chi connectivity index (χ1v) is 5.68. The maximum absolute atomic E-state index is 11.8. The molecule has 0 saturated heterocycles. The number of hydrogen-bond donors (Lipinski definition) is 2. The predicted molar refractivity (Wildman–Crippen MR) is 63.7 cm³/mol. The van der Waals surface area contributed by atoms with E-state index in [9.17, 15) is 9.59 Å². The minimum absolute atomic E-state index is 0.186. The second-order valence-corrected chi connectivity index (χ2v) is 4.49. The van der Waals surface area contributed by atoms with Crippen LogP contribution in [-0.2, 0) is 9.59 Å². The molecule has 1 fully saturated rings. The predicted octanol–water partition coefficient (Wildman–Crippen LogP) is 2.04. The van der Waals surface area contributed by atoms with Crippen LogP contribution in [0.15, 0.2) is 24.3 Å². The highest BCUT2D eigenvalue weighted by atomic mass is 16.4. The monoisotopic (exact) mass is 233 g/mol. The quantitative estimate of drug-likeness (QED) is 0.839. The smallest absolute Gasteiger partial charge is 0.307 e. The number of carbonyl (C=O) groups excluding carboxylic acids is 1. The van der Waals surface area contributed by atoms with E-state index in [0.29, 0.717) is 12.8 Å². The molecule has 0 radical (unpaired) electrons. The summed E-state index contributed by atoms with van der Waals surface area (Å²) >= 11 is 0. The molecule has 0 heterocycles. The molecule has 90 valence electrons. The highest BCUT2D eigenvalue weighted by Crippen LogP contribution is 2.35. The second-order valence-electron chi connectivity index (χ2n) is 4.49. The van der Waals surface area contributed by atoms with Gasteiger partial charge in [0.15, 0.2) is 0 Å². The summed E-state index contributed by atoms with van der Waals surface area (Å²) in [6.45, 7) is 1.94. The largest absolute Gasteiger partial charge is 0.481 e. The normalized spacial score (nSPS) is 22.6. The molecule has 0 spiro atoms. The third kappa shape index (κ3) is 2.46. The van der Waals surface area contributed by atoms with Gasteiger partial charge in [0, 0.05) is 5.69 Å². The van der Waals surface area contributed by atoms with Gasteiger partial charge >= 0.3 is 5.97 Å². The Morgan fingerprint density at radius 2 is 2.00 bits per heavy atom. The summed E-state index contributed by atoms with van der Waals surface area (Å²) in [6, 6.07) is 7.48. The molecular weight excluding hydrogens is 218 g/mol. The van der Waals surface area contributed by atoms with Crippen molar-refractivity contribution in [3.63, 3.8) is 0 Å². The van der Waals surface area contributed by atoms with Gasteiger partial charge < -0.3 is 10.4 Å². The van der Waals surface area contributed by atoms with Crippen LogP contribution in [0.3, 0.4) is 0 Å². The van der Waals surface area contributed by atoms with Crippen molar-refractivity contribution in [2.24, 2.45) is 11.8 Å². The highest BCUT2D eigenvalue weighted by molar-refractivity contribution is 5.96. The first kappa shape index (κ1) is 11.6. The number of aryl methyl sites for hydroxylation is 1. The van der Waals surface area contributed by atoms with Crippen molar-refractivity contribution in [3.8, 4) is 0 Å². The number of benzene rings is 1. The first-order chi connectivity index (χ1) is 8.08. The summed E-state index contributed by atoms with van der Waals surface area (Å²) in [5.41, 5.74) is 1.79. The Morgan fingerprint density at radius 3 is 2.53 bits per heavy atom. The number of carbonyl (C=O) groups is 2. The SMILES string of the molecule is Cc1cccc(NC(=O)C2CCC2C(=O)O)c1. The maximum atomic E-state index is 11.8. The fraction of sp³-hybridized carbons (Fsp3) is 0.385. The van der Waals surface area contributed by atoms with Crippen LogP contribution in [0.5, 0.6) is 0 Å². The summed E-state index contributed by atoms with van der Waals surface area (Å²) in [4.78, 5) is 22.7. The van der Waals surface area contributed by atoms with Gasteiger partial charge in [-0.2, -0.15) is 0 Å². The van der Waals surface area contributed by atoms with Crippen LogP contribution in [0.25, 0.3) is 0 Å². The van der Waals surface area contributed by atoms with E-state index in [-0.39, 0.29) is 11.8 Å². The summed E-state index contributed by atoms with van der Waals surface area (Å²) in [5, 5.41) is 11.7. The molecule has 4 heteroatoms. The van der Waals surface area contributed by atoms with Gasteiger partial charge in [-0.25, -0.2) is 0 Å². The van der Waals surface area contributed by atoms with Gasteiger partial charge in [-0.15, -0.1) is 0 Å². The van der Waals surface area contributed by atoms with E-state index in [1.54, 1.807) is 6.07 Å². The first-order valence-electron chi connectivity index (χ1n) is 5.68. The fourth-order valence-electron chi connectivity index (χ4n) is 2.07. The molecule has 2 unspecified atom stereocenters. The lowest BCUT2D eigenvalue weighted by Gasteiger charge is -2.31. The van der Waals surface area contributed by atoms with Crippen molar-refractivity contribution in [1.82, 2.24) is 0 Å². The molecule has 2 atom stereocenters. The lowest BCUT2D eigenvalue weighted by Crippen LogP contribution is -2.41. The van der Waals surface area contributed by atoms with E-state index in [1.165, 1.54) is 0 Å². The van der Waals surface area contributed by atoms with Crippen LogP contribution in [0.2, 0.25) is 0 Å². The van der Waals surface area contributed by atoms with Crippen LogP contribution in [0.4, 0.5) is 5.69 Å². The van der Waals surface area contributed by atoms with Gasteiger partial charge in [-0.05, 0) is 37.5 Å². The zero-order valence-electron chi connectivity index (χ0n) is 9.64. The third-order valence-electron chi connectivity index (χ3n) is 3.21. The number of amides is 1. The standard InChI is InChI=1S/C13H15NO3/c1-8-3-2-4-9(7-8)14-12(15)10-5-6-11(10)13(16)17/h2-4,7,10-11H,5-6H2,1H3,(H,14,15)(H,16,17). The molecule has 1 aromatic rings. The number of carboxylic acids is 1. The van der Waals surface area contributed by atoms with Gasteiger partial charge in [-0.1, -0.05) is 12.1 Å². The van der Waals surface area contributed by atoms with Crippen molar-refractivity contribution in [2.75, 3.05) is 5.32 Å². The molecule has 1 aliphatic carbocycles. The minimum atomic E-state index is -0.874. The van der Waals surface area contributed by atoms with E-state index in [0.717, 1.165) is 11.3 Å². The molecule has 1 aliphatic rings. The molecule has 0 aliphatic heterocycles. The van der Waals surface area contributed by atoms with E-state index >= 15 is 0 Å². The molecule has 4 nitrogen and oxygen atoms in total. The lowest BCUT2D eigenvalue weighted by molar-refractivity contribution is -0.151. The van der Waals surface area contributed by atoms with Gasteiger partial charge in [0.2, 0.25) is 5.91 Å². The van der Waals surface area contributed by atoms with Gasteiger partial charge in [-0.3, -0.25) is 9.59 Å². The zero-order valence-corrected chi connectivity index (χ0v) is 9.64. The van der Waals surface area contributed by atoms with Crippen LogP contribution in [0.1, 0.15) is 18.4 Å². The minimum Gasteiger partial charge on any atom is -0.481 e. The number of rotatable bonds is 3. The Hall–Kier alpha value is -1.84. The average molecular weight is 233 g/mol. The Labute approximate surface area is 99.6 Å². The molecule has 17 heavy (non-hydrogen) atoms. The Balaban J connectivity index is 2.00. The molecule has 0 aromatic heterocycles. The zero-order chi connectivity index (χ0) is 12.4. The van der Waals surface area contributed by atoms with Crippen LogP contribution in [0, 0.1) is 18.8 Å². The fourth-order valence-corrected chi connectivity index (χ4v) is 2.07. The number of aliphatic carboxylic acids is 1. The number of hydrogen-bond acceptors (Lipinski definition) is 2. The van der Waals surface area contributed by atoms with E-state index < -0.39 is 11.9 Å². The Bertz CT molecular complexity index is 456. The average Bonchev–Trinajstić information content (AvgIpc) is 2.13. The molecule has 1 aromatic carbocycles. The lowest BCUT2D eigenvalue weighted by atomic mass is 9.73. The van der Waals surface area contributed by atoms with E-state index in [1.807, 2.05) is 25.1 Å². The summed E-state index contributed by atoms with van der Waals surface area (Å²) in [6.07, 6.45) is 1.26. The van der Waals surface area contributed by atoms with Crippen LogP contribution < -0.4 is 5.32 Å². The van der Waals surface area contributed by atoms with Gasteiger partial charge in [0.1, 0.15) is 0 Å². The van der Waals surface area contributed by atoms with Crippen molar-refractivity contribution in [1.29, 1.82) is 0 Å². The number of nitrogens with one attached hydrogen (secondary N) is 1. The molecular formula is C13H15NO3. The molecule has 0 bridgehead atoms. The summed E-state index contributed by atoms with van der Waals surface area (Å²) < 4.78 is 0. The molecule has 2 N–H and O–H groups in total. The van der Waals surface area contributed by atoms with Gasteiger partial charge in [0.25, 0.3) is 0 Å². The van der Waals surface area contributed by atoms with Crippen molar-refractivity contribution < 1.29 is 14.7 Å². The second kappa shape index (κ2) is 4.57. The van der Waals surface area contributed by atoms with Crippen molar-refractivity contribution in [3.05, 3.63) is 29.8 Å². The molecule has 1 amide bonds. The van der Waals surface area contributed by atoms with Crippen molar-refractivity contribution in [2.45, 2.75) is 19.8 Å². The van der Waals surface area contributed by atoms with Gasteiger partial charge in [0.05, 0.1) is 11.8 Å². The molecule has 1 saturated carbocycles. The topological polar surface area (TPSA) is 66.4 Å². The highest BCUT2D eigenvalue weighted by Gasteiger charge is 2.41. The maximum Gasteiger partial charge on any atom is 0.307 e. The third-order valence-corrected chi connectivity index (χ3v) is 3.21. The van der Waals surface area contributed by atoms with Crippen molar-refractivity contribution >= 4 is 17.6 Å². The summed E-state index contributed by atoms with van der Waals surface area (Å²) in [7, 11) is 0. The van der Waals surface area contributed by atoms with E-state index in [4.69, 9.17) is 5.11 Å². The molecule has 2 rings (SSSR count). The summed E-state index contributed by atoms with van der Waals surface area (Å²) in [5.74, 6) is -1.96. The Kier molecular flexibility index (Phi) is 3.13. The van der Waals surface area contributed by atoms with Crippen LogP contribution in [-0.4, -0.2) is 17.0 Å². The van der Waals surface area contributed by atoms with Crippen LogP contribution >= 0.6 is 0 Å².